The molecule has 1 heterocycles. The van der Waals surface area contributed by atoms with E-state index in [1.165, 1.54) is 11.1 Å². The summed E-state index contributed by atoms with van der Waals surface area (Å²) >= 11 is 0. The van der Waals surface area contributed by atoms with Crippen molar-refractivity contribution in [2.75, 3.05) is 6.54 Å². The van der Waals surface area contributed by atoms with Gasteiger partial charge in [0.25, 0.3) is 0 Å². The molecule has 1 atom stereocenters. The predicted octanol–water partition coefficient (Wildman–Crippen LogP) is 2.53. The number of rotatable bonds is 7. The Morgan fingerprint density at radius 3 is 2.67 bits per heavy atom. The Hall–Kier alpha value is -1.75. The summed E-state index contributed by atoms with van der Waals surface area (Å²) in [6.45, 7) is 10.4. The van der Waals surface area contributed by atoms with Crippen molar-refractivity contribution in [1.82, 2.24) is 25.5 Å². The molecule has 5 heteroatoms. The average Bonchev–Trinajstić information content (AvgIpc) is 2.92. The normalized spacial score (nSPS) is 12.8. The van der Waals surface area contributed by atoms with Gasteiger partial charge in [-0.15, -0.1) is 5.10 Å². The first kappa shape index (κ1) is 15.6. The molecule has 21 heavy (non-hydrogen) atoms. The maximum absolute atomic E-state index is 4.17. The van der Waals surface area contributed by atoms with Crippen LogP contribution >= 0.6 is 0 Å². The van der Waals surface area contributed by atoms with E-state index in [4.69, 9.17) is 0 Å². The van der Waals surface area contributed by atoms with E-state index in [1.54, 1.807) is 0 Å². The van der Waals surface area contributed by atoms with Gasteiger partial charge in [0, 0.05) is 6.54 Å². The van der Waals surface area contributed by atoms with Gasteiger partial charge in [0.05, 0.1) is 6.04 Å². The fourth-order valence-corrected chi connectivity index (χ4v) is 2.30. The van der Waals surface area contributed by atoms with Gasteiger partial charge < -0.3 is 5.32 Å². The Balaban J connectivity index is 1.98. The Labute approximate surface area is 126 Å². The quantitative estimate of drug-likeness (QED) is 0.850. The Bertz CT molecular complexity index is 561. The molecule has 2 rings (SSSR count). The molecule has 0 aliphatic rings. The lowest BCUT2D eigenvalue weighted by atomic mass is 10.1. The van der Waals surface area contributed by atoms with Crippen LogP contribution in [0.2, 0.25) is 0 Å². The molecule has 1 N–H and O–H groups in total. The monoisotopic (exact) mass is 287 g/mol. The molecule has 5 nitrogen and oxygen atoms in total. The lowest BCUT2D eigenvalue weighted by molar-refractivity contribution is 0.452. The van der Waals surface area contributed by atoms with Crippen LogP contribution in [-0.4, -0.2) is 26.8 Å². The molecule has 1 aromatic heterocycles. The van der Waals surface area contributed by atoms with Crippen molar-refractivity contribution in [3.63, 3.8) is 0 Å². The van der Waals surface area contributed by atoms with Gasteiger partial charge >= 0.3 is 0 Å². The van der Waals surface area contributed by atoms with Crippen LogP contribution in [0.1, 0.15) is 43.8 Å². The van der Waals surface area contributed by atoms with E-state index >= 15 is 0 Å². The minimum Gasteiger partial charge on any atom is -0.307 e. The number of benzene rings is 1. The first-order valence-corrected chi connectivity index (χ1v) is 7.62. The van der Waals surface area contributed by atoms with Crippen LogP contribution < -0.4 is 5.32 Å². The molecule has 0 aliphatic heterocycles. The van der Waals surface area contributed by atoms with Gasteiger partial charge in [0.2, 0.25) is 0 Å². The van der Waals surface area contributed by atoms with Crippen molar-refractivity contribution in [2.45, 2.75) is 46.7 Å². The number of nitrogens with one attached hydrogen (secondary N) is 1. The summed E-state index contributed by atoms with van der Waals surface area (Å²) in [7, 11) is 0. The molecular weight excluding hydrogens is 262 g/mol. The minimum absolute atomic E-state index is 0.166. The predicted molar refractivity (Wildman–Crippen MR) is 84.0 cm³/mol. The summed E-state index contributed by atoms with van der Waals surface area (Å²) in [6.07, 6.45) is 0.946. The minimum atomic E-state index is 0.166. The van der Waals surface area contributed by atoms with E-state index in [0.717, 1.165) is 25.3 Å². The highest BCUT2D eigenvalue weighted by Gasteiger charge is 2.14. The molecule has 114 valence electrons. The summed E-state index contributed by atoms with van der Waals surface area (Å²) in [4.78, 5) is 0. The van der Waals surface area contributed by atoms with Gasteiger partial charge in [-0.05, 0) is 54.3 Å². The van der Waals surface area contributed by atoms with E-state index in [0.29, 0.717) is 5.92 Å². The van der Waals surface area contributed by atoms with Crippen molar-refractivity contribution in [2.24, 2.45) is 5.92 Å². The zero-order valence-electron chi connectivity index (χ0n) is 13.4. The maximum atomic E-state index is 4.17. The van der Waals surface area contributed by atoms with Gasteiger partial charge in [-0.25, -0.2) is 4.68 Å². The van der Waals surface area contributed by atoms with Crippen molar-refractivity contribution >= 4 is 0 Å². The molecule has 0 fully saturated rings. The Morgan fingerprint density at radius 1 is 1.19 bits per heavy atom. The molecule has 0 radical (unpaired) electrons. The van der Waals surface area contributed by atoms with Crippen molar-refractivity contribution < 1.29 is 0 Å². The molecule has 0 saturated carbocycles. The second kappa shape index (κ2) is 7.31. The van der Waals surface area contributed by atoms with Gasteiger partial charge in [0.1, 0.15) is 0 Å². The summed E-state index contributed by atoms with van der Waals surface area (Å²) in [5, 5.41) is 15.6. The molecule has 2 aromatic rings. The molecule has 0 amide bonds. The van der Waals surface area contributed by atoms with E-state index < -0.39 is 0 Å². The highest BCUT2D eigenvalue weighted by molar-refractivity contribution is 5.25. The highest BCUT2D eigenvalue weighted by Crippen LogP contribution is 2.12. The van der Waals surface area contributed by atoms with Gasteiger partial charge in [-0.2, -0.15) is 0 Å². The van der Waals surface area contributed by atoms with Crippen LogP contribution in [0.15, 0.2) is 24.3 Å². The number of hydrogen-bond donors (Lipinski definition) is 1. The fraction of sp³-hybridized carbons (Fsp3) is 0.562. The second-order valence-corrected chi connectivity index (χ2v) is 5.96. The second-order valence-electron chi connectivity index (χ2n) is 5.96. The van der Waals surface area contributed by atoms with Gasteiger partial charge in [-0.1, -0.05) is 38.1 Å². The fourth-order valence-electron chi connectivity index (χ4n) is 2.30. The topological polar surface area (TPSA) is 55.6 Å². The Kier molecular flexibility index (Phi) is 5.44. The van der Waals surface area contributed by atoms with Crippen molar-refractivity contribution in [3.05, 3.63) is 41.2 Å². The summed E-state index contributed by atoms with van der Waals surface area (Å²) in [6, 6.07) is 8.62. The average molecular weight is 287 g/mol. The van der Waals surface area contributed by atoms with Gasteiger partial charge in [-0.3, -0.25) is 0 Å². The molecule has 1 aromatic carbocycles. The Morgan fingerprint density at radius 2 is 1.95 bits per heavy atom. The number of hydrogen-bond acceptors (Lipinski definition) is 4. The third-order valence-electron chi connectivity index (χ3n) is 3.63. The third kappa shape index (κ3) is 4.36. The van der Waals surface area contributed by atoms with Crippen LogP contribution in [0.4, 0.5) is 0 Å². The number of tetrazole rings is 1. The molecule has 0 bridgehead atoms. The van der Waals surface area contributed by atoms with Crippen molar-refractivity contribution in [3.8, 4) is 0 Å². The highest BCUT2D eigenvalue weighted by atomic mass is 15.5. The van der Waals surface area contributed by atoms with Crippen LogP contribution in [0.5, 0.6) is 0 Å². The smallest absolute Gasteiger partial charge is 0.167 e. The zero-order valence-corrected chi connectivity index (χ0v) is 13.4. The molecule has 0 saturated heterocycles. The summed E-state index contributed by atoms with van der Waals surface area (Å²) in [5.41, 5.74) is 2.67. The van der Waals surface area contributed by atoms with E-state index in [-0.39, 0.29) is 6.04 Å². The van der Waals surface area contributed by atoms with Crippen LogP contribution in [-0.2, 0) is 13.0 Å². The molecule has 0 aliphatic carbocycles. The van der Waals surface area contributed by atoms with E-state index in [1.807, 2.05) is 4.68 Å². The standard InChI is InChI=1S/C16H25N5/c1-12(2)11-17-14(4)16-18-19-20-21(16)10-9-15-8-6-5-7-13(15)3/h5-8,12,14,17H,9-11H2,1-4H3. The van der Waals surface area contributed by atoms with E-state index in [2.05, 4.69) is 72.8 Å². The zero-order chi connectivity index (χ0) is 15.2. The first-order valence-electron chi connectivity index (χ1n) is 7.62. The van der Waals surface area contributed by atoms with E-state index in [9.17, 15) is 0 Å². The van der Waals surface area contributed by atoms with Crippen LogP contribution in [0.25, 0.3) is 0 Å². The van der Waals surface area contributed by atoms with Gasteiger partial charge in [0.15, 0.2) is 5.82 Å². The number of nitrogens with zero attached hydrogens (tertiary/aromatic N) is 4. The lowest BCUT2D eigenvalue weighted by Crippen LogP contribution is -2.26. The molecule has 1 unspecified atom stereocenters. The third-order valence-corrected chi connectivity index (χ3v) is 3.63. The summed E-state index contributed by atoms with van der Waals surface area (Å²) in [5.74, 6) is 1.52. The number of aryl methyl sites for hydroxylation is 3. The van der Waals surface area contributed by atoms with Crippen LogP contribution in [0.3, 0.4) is 0 Å². The van der Waals surface area contributed by atoms with Crippen LogP contribution in [0, 0.1) is 12.8 Å². The maximum Gasteiger partial charge on any atom is 0.167 e. The van der Waals surface area contributed by atoms with Crippen molar-refractivity contribution in [1.29, 1.82) is 0 Å². The SMILES string of the molecule is Cc1ccccc1CCn1nnnc1C(C)NCC(C)C. The number of aromatic nitrogens is 4. The largest absolute Gasteiger partial charge is 0.307 e. The molecule has 0 spiro atoms. The lowest BCUT2D eigenvalue weighted by Gasteiger charge is -2.15. The molecular formula is C16H25N5. The first-order chi connectivity index (χ1) is 10.1. The summed E-state index contributed by atoms with van der Waals surface area (Å²) < 4.78 is 1.91.